The summed E-state index contributed by atoms with van der Waals surface area (Å²) in [6, 6.07) is 0.472. The SMILES string of the molecule is CC1CCN(CC(=O)N2CCC(C(=O)O)CC2)C(C)C1. The number of piperidine rings is 2. The number of rotatable bonds is 3. The molecule has 2 rings (SSSR count). The predicted octanol–water partition coefficient (Wildman–Crippen LogP) is 1.43. The van der Waals surface area contributed by atoms with E-state index < -0.39 is 5.97 Å². The summed E-state index contributed by atoms with van der Waals surface area (Å²) in [6.45, 7) is 7.14. The summed E-state index contributed by atoms with van der Waals surface area (Å²) in [5, 5.41) is 8.97. The van der Waals surface area contributed by atoms with E-state index in [4.69, 9.17) is 5.11 Å². The maximum Gasteiger partial charge on any atom is 0.306 e. The average Bonchev–Trinajstić information content (AvgIpc) is 2.42. The number of hydrogen-bond acceptors (Lipinski definition) is 3. The number of carboxylic acid groups (broad SMARTS) is 1. The predicted molar refractivity (Wildman–Crippen MR) is 76.4 cm³/mol. The Balaban J connectivity index is 1.79. The first-order valence-electron chi connectivity index (χ1n) is 7.72. The van der Waals surface area contributed by atoms with Crippen molar-refractivity contribution in [1.29, 1.82) is 0 Å². The van der Waals surface area contributed by atoms with Gasteiger partial charge in [-0.05, 0) is 45.1 Å². The van der Waals surface area contributed by atoms with Gasteiger partial charge in [0.15, 0.2) is 0 Å². The van der Waals surface area contributed by atoms with Crippen LogP contribution in [0.2, 0.25) is 0 Å². The number of likely N-dealkylation sites (tertiary alicyclic amines) is 2. The van der Waals surface area contributed by atoms with Crippen molar-refractivity contribution in [1.82, 2.24) is 9.80 Å². The van der Waals surface area contributed by atoms with Gasteiger partial charge in [-0.3, -0.25) is 14.5 Å². The van der Waals surface area contributed by atoms with Crippen LogP contribution in [-0.4, -0.2) is 59.0 Å². The van der Waals surface area contributed by atoms with Crippen LogP contribution in [0.25, 0.3) is 0 Å². The van der Waals surface area contributed by atoms with E-state index in [1.54, 1.807) is 0 Å². The lowest BCUT2D eigenvalue weighted by atomic mass is 9.93. The monoisotopic (exact) mass is 282 g/mol. The Kier molecular flexibility index (Phi) is 5.02. The molecule has 2 heterocycles. The number of aliphatic carboxylic acids is 1. The van der Waals surface area contributed by atoms with Crippen molar-refractivity contribution in [2.75, 3.05) is 26.2 Å². The van der Waals surface area contributed by atoms with Crippen molar-refractivity contribution in [3.8, 4) is 0 Å². The molecule has 0 aromatic heterocycles. The standard InChI is InChI=1S/C15H26N2O3/c1-11-3-6-17(12(2)9-11)10-14(18)16-7-4-13(5-8-16)15(19)20/h11-13H,3-10H2,1-2H3,(H,19,20). The third-order valence-electron chi connectivity index (χ3n) is 4.81. The first-order chi connectivity index (χ1) is 9.47. The summed E-state index contributed by atoms with van der Waals surface area (Å²) in [5.74, 6) is -0.0811. The molecule has 2 saturated heterocycles. The molecule has 0 aromatic carbocycles. The highest BCUT2D eigenvalue weighted by molar-refractivity contribution is 5.79. The number of hydrogen-bond donors (Lipinski definition) is 1. The van der Waals surface area contributed by atoms with Crippen LogP contribution in [-0.2, 0) is 9.59 Å². The average molecular weight is 282 g/mol. The number of amides is 1. The molecule has 0 radical (unpaired) electrons. The van der Waals surface area contributed by atoms with E-state index in [9.17, 15) is 9.59 Å². The van der Waals surface area contributed by atoms with Crippen LogP contribution in [0.5, 0.6) is 0 Å². The van der Waals surface area contributed by atoms with Gasteiger partial charge in [-0.1, -0.05) is 6.92 Å². The van der Waals surface area contributed by atoms with E-state index in [1.165, 1.54) is 6.42 Å². The van der Waals surface area contributed by atoms with Crippen LogP contribution >= 0.6 is 0 Å². The van der Waals surface area contributed by atoms with Crippen LogP contribution in [0.4, 0.5) is 0 Å². The topological polar surface area (TPSA) is 60.9 Å². The highest BCUT2D eigenvalue weighted by Crippen LogP contribution is 2.23. The summed E-state index contributed by atoms with van der Waals surface area (Å²) < 4.78 is 0. The fourth-order valence-electron chi connectivity index (χ4n) is 3.34. The summed E-state index contributed by atoms with van der Waals surface area (Å²) in [5.41, 5.74) is 0. The van der Waals surface area contributed by atoms with Gasteiger partial charge in [-0.25, -0.2) is 0 Å². The Labute approximate surface area is 120 Å². The van der Waals surface area contributed by atoms with Crippen LogP contribution in [0.15, 0.2) is 0 Å². The highest BCUT2D eigenvalue weighted by Gasteiger charge is 2.29. The van der Waals surface area contributed by atoms with Gasteiger partial charge in [0.2, 0.25) is 5.91 Å². The van der Waals surface area contributed by atoms with Gasteiger partial charge in [0.1, 0.15) is 0 Å². The lowest BCUT2D eigenvalue weighted by Crippen LogP contribution is -2.49. The lowest BCUT2D eigenvalue weighted by molar-refractivity contribution is -0.146. The molecule has 0 bridgehead atoms. The summed E-state index contributed by atoms with van der Waals surface area (Å²) in [4.78, 5) is 27.3. The second-order valence-electron chi connectivity index (χ2n) is 6.44. The summed E-state index contributed by atoms with van der Waals surface area (Å²) >= 11 is 0. The molecule has 20 heavy (non-hydrogen) atoms. The molecular weight excluding hydrogens is 256 g/mol. The molecule has 5 heteroatoms. The van der Waals surface area contributed by atoms with Crippen LogP contribution in [0, 0.1) is 11.8 Å². The Morgan fingerprint density at radius 2 is 1.75 bits per heavy atom. The van der Waals surface area contributed by atoms with Crippen molar-refractivity contribution < 1.29 is 14.7 Å². The minimum absolute atomic E-state index is 0.162. The zero-order valence-electron chi connectivity index (χ0n) is 12.5. The first kappa shape index (κ1) is 15.3. The van der Waals surface area contributed by atoms with Gasteiger partial charge < -0.3 is 10.0 Å². The molecule has 1 amide bonds. The van der Waals surface area contributed by atoms with Crippen molar-refractivity contribution in [2.45, 2.75) is 45.6 Å². The lowest BCUT2D eigenvalue weighted by Gasteiger charge is -2.38. The summed E-state index contributed by atoms with van der Waals surface area (Å²) in [6.07, 6.45) is 3.51. The molecule has 2 fully saturated rings. The molecule has 5 nitrogen and oxygen atoms in total. The minimum atomic E-state index is -0.726. The molecule has 114 valence electrons. The molecule has 1 N–H and O–H groups in total. The van der Waals surface area contributed by atoms with Gasteiger partial charge in [-0.2, -0.15) is 0 Å². The van der Waals surface area contributed by atoms with Gasteiger partial charge in [-0.15, -0.1) is 0 Å². The van der Waals surface area contributed by atoms with E-state index in [1.807, 2.05) is 4.90 Å². The fourth-order valence-corrected chi connectivity index (χ4v) is 3.34. The molecular formula is C15H26N2O3. The molecule has 2 aliphatic heterocycles. The van der Waals surface area contributed by atoms with Crippen molar-refractivity contribution in [2.24, 2.45) is 11.8 Å². The third-order valence-corrected chi connectivity index (χ3v) is 4.81. The normalized spacial score (nSPS) is 29.4. The second kappa shape index (κ2) is 6.57. The second-order valence-corrected chi connectivity index (χ2v) is 6.44. The zero-order chi connectivity index (χ0) is 14.7. The zero-order valence-corrected chi connectivity index (χ0v) is 12.5. The molecule has 2 unspecified atom stereocenters. The number of nitrogens with zero attached hydrogens (tertiary/aromatic N) is 2. The van der Waals surface area contributed by atoms with Gasteiger partial charge in [0.25, 0.3) is 0 Å². The molecule has 2 atom stereocenters. The van der Waals surface area contributed by atoms with E-state index in [-0.39, 0.29) is 11.8 Å². The smallest absolute Gasteiger partial charge is 0.306 e. The Morgan fingerprint density at radius 1 is 1.10 bits per heavy atom. The van der Waals surface area contributed by atoms with Crippen LogP contribution < -0.4 is 0 Å². The Bertz CT molecular complexity index is 364. The Hall–Kier alpha value is -1.10. The van der Waals surface area contributed by atoms with Gasteiger partial charge >= 0.3 is 5.97 Å². The van der Waals surface area contributed by atoms with Crippen molar-refractivity contribution in [3.05, 3.63) is 0 Å². The molecule has 0 aromatic rings. The van der Waals surface area contributed by atoms with E-state index in [0.29, 0.717) is 38.5 Å². The van der Waals surface area contributed by atoms with E-state index in [2.05, 4.69) is 18.7 Å². The molecule has 0 aliphatic carbocycles. The number of carboxylic acids is 1. The highest BCUT2D eigenvalue weighted by atomic mass is 16.4. The minimum Gasteiger partial charge on any atom is -0.481 e. The quantitative estimate of drug-likeness (QED) is 0.850. The van der Waals surface area contributed by atoms with Crippen LogP contribution in [0.1, 0.15) is 39.5 Å². The molecule has 2 aliphatic rings. The maximum atomic E-state index is 12.3. The first-order valence-corrected chi connectivity index (χ1v) is 7.72. The number of carbonyl (C=O) groups excluding carboxylic acids is 1. The largest absolute Gasteiger partial charge is 0.481 e. The van der Waals surface area contributed by atoms with E-state index in [0.717, 1.165) is 18.9 Å². The van der Waals surface area contributed by atoms with Gasteiger partial charge in [0.05, 0.1) is 12.5 Å². The van der Waals surface area contributed by atoms with Crippen LogP contribution in [0.3, 0.4) is 0 Å². The fraction of sp³-hybridized carbons (Fsp3) is 0.867. The molecule has 0 saturated carbocycles. The molecule has 0 spiro atoms. The van der Waals surface area contributed by atoms with Crippen molar-refractivity contribution >= 4 is 11.9 Å². The summed E-state index contributed by atoms with van der Waals surface area (Å²) in [7, 11) is 0. The van der Waals surface area contributed by atoms with Gasteiger partial charge in [0, 0.05) is 19.1 Å². The van der Waals surface area contributed by atoms with E-state index >= 15 is 0 Å². The third kappa shape index (κ3) is 3.72. The number of carbonyl (C=O) groups is 2. The maximum absolute atomic E-state index is 12.3. The Morgan fingerprint density at radius 3 is 2.30 bits per heavy atom. The van der Waals surface area contributed by atoms with Crippen molar-refractivity contribution in [3.63, 3.8) is 0 Å².